The van der Waals surface area contributed by atoms with Crippen molar-refractivity contribution in [1.82, 2.24) is 4.98 Å². The first-order valence-corrected chi connectivity index (χ1v) is 3.83. The lowest BCUT2D eigenvalue weighted by atomic mass is 9.96. The second kappa shape index (κ2) is 3.01. The number of nitrogens with zero attached hydrogens (tertiary/aromatic N) is 2. The average Bonchev–Trinajstić information content (AvgIpc) is 2.05. The second-order valence-electron chi connectivity index (χ2n) is 3.40. The van der Waals surface area contributed by atoms with Crippen LogP contribution in [0, 0.1) is 11.8 Å². The molecule has 0 atom stereocenters. The van der Waals surface area contributed by atoms with E-state index in [0.717, 1.165) is 11.1 Å². The molecule has 0 aromatic carbocycles. The molecule has 12 heavy (non-hydrogen) atoms. The van der Waals surface area contributed by atoms with E-state index in [4.69, 9.17) is 0 Å². The highest BCUT2D eigenvalue weighted by Crippen LogP contribution is 2.23. The molecular weight excluding hydrogens is 152 g/mol. The van der Waals surface area contributed by atoms with E-state index in [0.29, 0.717) is 0 Å². The van der Waals surface area contributed by atoms with Crippen molar-refractivity contribution in [2.45, 2.75) is 26.3 Å². The molecule has 3 nitrogen and oxygen atoms in total. The fourth-order valence-corrected chi connectivity index (χ4v) is 0.942. The van der Waals surface area contributed by atoms with Crippen LogP contribution in [0.1, 0.15) is 25.0 Å². The molecule has 0 aliphatic rings. The monoisotopic (exact) mass is 164 g/mol. The van der Waals surface area contributed by atoms with Gasteiger partial charge >= 0.3 is 0 Å². The van der Waals surface area contributed by atoms with E-state index in [1.54, 1.807) is 26.2 Å². The Morgan fingerprint density at radius 1 is 1.42 bits per heavy atom. The van der Waals surface area contributed by atoms with E-state index in [2.05, 4.69) is 10.2 Å². The first kappa shape index (κ1) is 8.84. The van der Waals surface area contributed by atoms with Crippen LogP contribution in [0.5, 0.6) is 0 Å². The van der Waals surface area contributed by atoms with Crippen LogP contribution >= 0.6 is 0 Å². The topological polar surface area (TPSA) is 42.3 Å². The third-order valence-corrected chi connectivity index (χ3v) is 1.81. The van der Waals surface area contributed by atoms with E-state index < -0.39 is 5.54 Å². The Labute approximate surface area is 71.8 Å². The summed E-state index contributed by atoms with van der Waals surface area (Å²) in [6, 6.07) is 1.92. The minimum absolute atomic E-state index is 0.668. The Balaban J connectivity index is 3.11. The summed E-state index contributed by atoms with van der Waals surface area (Å²) in [5.74, 6) is 0. The van der Waals surface area contributed by atoms with Gasteiger partial charge in [0.2, 0.25) is 0 Å². The van der Waals surface area contributed by atoms with Gasteiger partial charge in [0.25, 0.3) is 0 Å². The summed E-state index contributed by atoms with van der Waals surface area (Å²) in [6.45, 7) is 5.49. The molecule has 0 N–H and O–H groups in total. The Hall–Kier alpha value is -1.25. The van der Waals surface area contributed by atoms with E-state index in [1.165, 1.54) is 0 Å². The summed E-state index contributed by atoms with van der Waals surface area (Å²) in [5.41, 5.74) is 1.24. The summed E-state index contributed by atoms with van der Waals surface area (Å²) in [4.78, 5) is 14.5. The van der Waals surface area contributed by atoms with Crippen molar-refractivity contribution < 1.29 is 0 Å². The van der Waals surface area contributed by atoms with Gasteiger partial charge in [-0.3, -0.25) is 4.98 Å². The Bertz CT molecular complexity index is 294. The maximum atomic E-state index is 10.5. The maximum Gasteiger partial charge on any atom is 0.123 e. The highest BCUT2D eigenvalue weighted by molar-refractivity contribution is 5.23. The molecule has 1 aromatic heterocycles. The highest BCUT2D eigenvalue weighted by atomic mass is 16.3. The van der Waals surface area contributed by atoms with Crippen molar-refractivity contribution in [1.29, 1.82) is 0 Å². The normalized spacial score (nSPS) is 11.2. The number of hydrogen-bond donors (Lipinski definition) is 0. The summed E-state index contributed by atoms with van der Waals surface area (Å²) in [6.07, 6.45) is 3.43. The molecule has 3 heteroatoms. The lowest BCUT2D eigenvalue weighted by molar-refractivity contribution is 0.549. The minimum atomic E-state index is -0.668. The number of rotatable bonds is 2. The third-order valence-electron chi connectivity index (χ3n) is 1.81. The van der Waals surface area contributed by atoms with Crippen LogP contribution < -0.4 is 0 Å². The summed E-state index contributed by atoms with van der Waals surface area (Å²) in [5, 5.41) is 3.04. The maximum absolute atomic E-state index is 10.5. The smallest absolute Gasteiger partial charge is 0.123 e. The molecular formula is C9H12N2O. The van der Waals surface area contributed by atoms with E-state index >= 15 is 0 Å². The molecule has 0 bridgehead atoms. The van der Waals surface area contributed by atoms with Crippen LogP contribution in [0.3, 0.4) is 0 Å². The largest absolute Gasteiger partial charge is 0.264 e. The zero-order valence-electron chi connectivity index (χ0n) is 7.53. The first-order chi connectivity index (χ1) is 5.56. The quantitative estimate of drug-likeness (QED) is 0.630. The number of pyridine rings is 1. The van der Waals surface area contributed by atoms with Crippen LogP contribution in [0.4, 0.5) is 0 Å². The van der Waals surface area contributed by atoms with Crippen molar-refractivity contribution in [3.63, 3.8) is 0 Å². The molecule has 0 radical (unpaired) electrons. The van der Waals surface area contributed by atoms with Crippen LogP contribution in [0.2, 0.25) is 0 Å². The van der Waals surface area contributed by atoms with Crippen molar-refractivity contribution in [3.05, 3.63) is 34.5 Å². The van der Waals surface area contributed by atoms with Crippen LogP contribution in [-0.4, -0.2) is 4.98 Å². The molecule has 0 fully saturated rings. The lowest BCUT2D eigenvalue weighted by Crippen LogP contribution is -2.13. The van der Waals surface area contributed by atoms with Crippen molar-refractivity contribution >= 4 is 0 Å². The minimum Gasteiger partial charge on any atom is -0.264 e. The molecule has 1 heterocycles. The number of aryl methyl sites for hydroxylation is 1. The van der Waals surface area contributed by atoms with Gasteiger partial charge in [-0.2, -0.15) is 0 Å². The van der Waals surface area contributed by atoms with Gasteiger partial charge in [0, 0.05) is 18.0 Å². The molecule has 1 rings (SSSR count). The standard InChI is InChI=1S/C9H12N2O/c1-7-4-8(6-10-5-7)9(2,3)11-12/h4-6H,1-3H3. The van der Waals surface area contributed by atoms with Gasteiger partial charge in [0.05, 0.1) is 0 Å². The number of nitroso groups, excluding NO2 is 1. The third kappa shape index (κ3) is 1.67. The Kier molecular flexibility index (Phi) is 2.22. The zero-order valence-corrected chi connectivity index (χ0v) is 7.53. The Morgan fingerprint density at radius 3 is 2.58 bits per heavy atom. The molecule has 0 spiro atoms. The van der Waals surface area contributed by atoms with Crippen LogP contribution in [-0.2, 0) is 5.54 Å². The fourth-order valence-electron chi connectivity index (χ4n) is 0.942. The summed E-state index contributed by atoms with van der Waals surface area (Å²) < 4.78 is 0. The van der Waals surface area contributed by atoms with Gasteiger partial charge in [0.1, 0.15) is 5.54 Å². The van der Waals surface area contributed by atoms with Gasteiger partial charge in [-0.05, 0) is 26.3 Å². The average molecular weight is 164 g/mol. The fraction of sp³-hybridized carbons (Fsp3) is 0.444. The van der Waals surface area contributed by atoms with Crippen molar-refractivity contribution in [2.24, 2.45) is 5.18 Å². The van der Waals surface area contributed by atoms with Gasteiger partial charge < -0.3 is 0 Å². The Morgan fingerprint density at radius 2 is 2.08 bits per heavy atom. The van der Waals surface area contributed by atoms with Gasteiger partial charge in [-0.1, -0.05) is 11.2 Å². The molecule has 1 aromatic rings. The molecule has 0 amide bonds. The molecule has 0 aliphatic carbocycles. The predicted octanol–water partition coefficient (Wildman–Crippen LogP) is 2.39. The van der Waals surface area contributed by atoms with Crippen molar-refractivity contribution in [3.8, 4) is 0 Å². The van der Waals surface area contributed by atoms with E-state index in [-0.39, 0.29) is 0 Å². The first-order valence-electron chi connectivity index (χ1n) is 3.83. The second-order valence-corrected chi connectivity index (χ2v) is 3.40. The SMILES string of the molecule is Cc1cncc(C(C)(C)N=O)c1. The summed E-state index contributed by atoms with van der Waals surface area (Å²) in [7, 11) is 0. The number of aromatic nitrogens is 1. The van der Waals surface area contributed by atoms with E-state index in [9.17, 15) is 4.91 Å². The van der Waals surface area contributed by atoms with Gasteiger partial charge in [-0.25, -0.2) is 0 Å². The lowest BCUT2D eigenvalue weighted by Gasteiger charge is -2.14. The number of hydrogen-bond acceptors (Lipinski definition) is 3. The molecule has 0 unspecified atom stereocenters. The van der Waals surface area contributed by atoms with Gasteiger partial charge in [-0.15, -0.1) is 4.91 Å². The molecule has 64 valence electrons. The zero-order chi connectivity index (χ0) is 9.19. The van der Waals surface area contributed by atoms with Gasteiger partial charge in [0.15, 0.2) is 0 Å². The molecule has 0 saturated carbocycles. The highest BCUT2D eigenvalue weighted by Gasteiger charge is 2.21. The molecule has 0 aliphatic heterocycles. The predicted molar refractivity (Wildman–Crippen MR) is 47.8 cm³/mol. The summed E-state index contributed by atoms with van der Waals surface area (Å²) >= 11 is 0. The van der Waals surface area contributed by atoms with E-state index in [1.807, 2.05) is 13.0 Å². The van der Waals surface area contributed by atoms with Crippen LogP contribution in [0.25, 0.3) is 0 Å². The molecule has 0 saturated heterocycles. The van der Waals surface area contributed by atoms with Crippen LogP contribution in [0.15, 0.2) is 23.6 Å². The van der Waals surface area contributed by atoms with Crippen molar-refractivity contribution in [2.75, 3.05) is 0 Å².